The maximum absolute atomic E-state index is 14.4. The number of guanidine groups is 1. The molecule has 10 atom stereocenters. The lowest BCUT2D eigenvalue weighted by atomic mass is 10.0. The van der Waals surface area contributed by atoms with Crippen LogP contribution in [0.1, 0.15) is 136 Å². The van der Waals surface area contributed by atoms with Crippen LogP contribution >= 0.6 is 0 Å². The summed E-state index contributed by atoms with van der Waals surface area (Å²) >= 11 is 0. The highest BCUT2D eigenvalue weighted by Gasteiger charge is 2.44. The molecule has 0 aliphatic carbocycles. The fourth-order valence-electron chi connectivity index (χ4n) is 9.12. The second kappa shape index (κ2) is 35.6. The molecule has 76 heavy (non-hydrogen) atoms. The van der Waals surface area contributed by atoms with Crippen LogP contribution in [0.5, 0.6) is 0 Å². The van der Waals surface area contributed by atoms with Crippen LogP contribution in [0.3, 0.4) is 0 Å². The topological polar surface area (TPSA) is 467 Å². The van der Waals surface area contributed by atoms with E-state index >= 15 is 0 Å². The number of aliphatic hydroxyl groups excluding tert-OH is 1. The van der Waals surface area contributed by atoms with Crippen LogP contribution in [-0.2, 0) is 43.2 Å². The fourth-order valence-corrected chi connectivity index (χ4v) is 9.12. The van der Waals surface area contributed by atoms with Crippen molar-refractivity contribution in [3.05, 3.63) is 0 Å². The summed E-state index contributed by atoms with van der Waals surface area (Å²) in [5.41, 5.74) is 40.1. The predicted molar refractivity (Wildman–Crippen MR) is 285 cm³/mol. The number of hydrogen-bond acceptors (Lipinski definition) is 16. The molecule has 0 aromatic rings. The summed E-state index contributed by atoms with van der Waals surface area (Å²) < 4.78 is 0. The fraction of sp³-hybridized carbons (Fsp3) is 0.796. The maximum Gasteiger partial charge on any atom is 0.326 e. The molecule has 2 rings (SSSR count). The summed E-state index contributed by atoms with van der Waals surface area (Å²) in [6, 6.07) is -10.5. The van der Waals surface area contributed by atoms with Gasteiger partial charge in [0.2, 0.25) is 47.3 Å². The number of nitrogens with zero attached hydrogens (tertiary/aromatic N) is 3. The lowest BCUT2D eigenvalue weighted by Gasteiger charge is -2.33. The number of carbonyl (C=O) groups is 9. The second-order valence-corrected chi connectivity index (χ2v) is 20.1. The minimum absolute atomic E-state index is 0.0299. The number of hydrogen-bond donors (Lipinski definition) is 15. The van der Waals surface area contributed by atoms with Crippen molar-refractivity contribution in [3.63, 3.8) is 0 Å². The highest BCUT2D eigenvalue weighted by molar-refractivity contribution is 5.98. The normalized spacial score (nSPS) is 18.5. The quantitative estimate of drug-likeness (QED) is 0.0160. The van der Waals surface area contributed by atoms with Gasteiger partial charge in [0.1, 0.15) is 54.4 Å². The van der Waals surface area contributed by atoms with Crippen molar-refractivity contribution < 1.29 is 53.4 Å². The summed E-state index contributed by atoms with van der Waals surface area (Å²) in [5, 5.41) is 36.0. The molecule has 2 aliphatic heterocycles. The van der Waals surface area contributed by atoms with Gasteiger partial charge in [0.25, 0.3) is 0 Å². The van der Waals surface area contributed by atoms with E-state index in [-0.39, 0.29) is 83.6 Å². The third-order valence-corrected chi connectivity index (χ3v) is 13.6. The molecule has 2 fully saturated rings. The van der Waals surface area contributed by atoms with E-state index in [9.17, 15) is 53.4 Å². The number of rotatable bonds is 37. The molecule has 27 nitrogen and oxygen atoms in total. The Bertz CT molecular complexity index is 1910. The van der Waals surface area contributed by atoms with E-state index < -0.39 is 120 Å². The molecule has 0 spiro atoms. The van der Waals surface area contributed by atoms with Gasteiger partial charge in [-0.3, -0.25) is 43.3 Å². The molecular formula is C49H92N16O11. The number of amides is 8. The Morgan fingerprint density at radius 2 is 0.908 bits per heavy atom. The number of unbranched alkanes of at least 4 members (excludes halogenated alkanes) is 4. The number of carbonyl (C=O) groups excluding carboxylic acids is 8. The summed E-state index contributed by atoms with van der Waals surface area (Å²) in [7, 11) is 0. The number of nitrogens with two attached hydrogens (primary N) is 7. The van der Waals surface area contributed by atoms with E-state index in [1.165, 1.54) is 16.7 Å². The molecular weight excluding hydrogens is 989 g/mol. The van der Waals surface area contributed by atoms with Crippen LogP contribution < -0.4 is 72.0 Å². The molecule has 0 aromatic heterocycles. The van der Waals surface area contributed by atoms with Gasteiger partial charge in [-0.1, -0.05) is 13.8 Å². The zero-order chi connectivity index (χ0) is 56.9. The van der Waals surface area contributed by atoms with Crippen LogP contribution in [0.15, 0.2) is 4.99 Å². The summed E-state index contributed by atoms with van der Waals surface area (Å²) in [6.07, 6.45) is 4.54. The Labute approximate surface area is 446 Å². The van der Waals surface area contributed by atoms with E-state index in [4.69, 9.17) is 40.1 Å². The van der Waals surface area contributed by atoms with Gasteiger partial charge in [-0.25, -0.2) is 4.79 Å². The van der Waals surface area contributed by atoms with Gasteiger partial charge in [-0.05, 0) is 155 Å². The minimum Gasteiger partial charge on any atom is -0.480 e. The van der Waals surface area contributed by atoms with Crippen molar-refractivity contribution in [2.75, 3.05) is 45.8 Å². The van der Waals surface area contributed by atoms with Crippen LogP contribution in [0, 0.1) is 5.92 Å². The van der Waals surface area contributed by atoms with E-state index in [2.05, 4.69) is 36.9 Å². The molecule has 0 saturated carbocycles. The van der Waals surface area contributed by atoms with E-state index in [0.717, 1.165) is 0 Å². The van der Waals surface area contributed by atoms with Crippen molar-refractivity contribution in [1.29, 1.82) is 0 Å². The molecule has 0 aromatic carbocycles. The van der Waals surface area contributed by atoms with Crippen molar-refractivity contribution in [2.45, 2.75) is 197 Å². The Hall–Kier alpha value is -5.74. The first-order valence-electron chi connectivity index (χ1n) is 27.1. The van der Waals surface area contributed by atoms with Gasteiger partial charge in [0.15, 0.2) is 5.96 Å². The van der Waals surface area contributed by atoms with Gasteiger partial charge in [0.05, 0.1) is 6.10 Å². The standard InChI is InChI=1S/C49H92N16O11/c1-29(2)39(48(75)76)63-44(71)34(18-7-11-25-53)60-43(70)35(19-12-26-57-49(55)56)61-41(68)32(16-5-9-23-51)58-40(67)31(15-4-8-22-50)59-42(69)33(17-6-10-24-52)62-45(72)36-20-13-27-64(36)46(73)37-21-14-28-65(37)47(74)38(54)30(3)66/h29-39,66H,4-28,50-54H2,1-3H3,(H,58,67)(H,59,69)(H,60,70)(H,61,68)(H,62,72)(H,63,71)(H,75,76)(H4,55,56,57)/t30-,31+,32+,33+,34+,35+,36+,37+,38+,39+/m1/s1. The third-order valence-electron chi connectivity index (χ3n) is 13.6. The van der Waals surface area contributed by atoms with E-state index in [0.29, 0.717) is 83.7 Å². The predicted octanol–water partition coefficient (Wildman–Crippen LogP) is -4.10. The minimum atomic E-state index is -1.31. The number of carboxylic acids is 1. The number of carboxylic acid groups (broad SMARTS) is 1. The molecule has 8 amide bonds. The van der Waals surface area contributed by atoms with Crippen molar-refractivity contribution >= 4 is 59.2 Å². The average Bonchev–Trinajstić information content (AvgIpc) is 4.08. The first-order chi connectivity index (χ1) is 36.1. The number of likely N-dealkylation sites (tertiary alicyclic amines) is 2. The molecule has 2 aliphatic rings. The van der Waals surface area contributed by atoms with Crippen molar-refractivity contribution in [1.82, 2.24) is 41.7 Å². The first kappa shape index (κ1) is 66.4. The van der Waals surface area contributed by atoms with Gasteiger partial charge in [0, 0.05) is 19.6 Å². The molecule has 0 radical (unpaired) electrons. The van der Waals surface area contributed by atoms with Crippen molar-refractivity contribution in [2.24, 2.45) is 51.0 Å². The molecule has 22 N–H and O–H groups in total. The van der Waals surface area contributed by atoms with Crippen LogP contribution in [0.25, 0.3) is 0 Å². The Morgan fingerprint density at radius 1 is 0.539 bits per heavy atom. The molecule has 0 bridgehead atoms. The monoisotopic (exact) mass is 1080 g/mol. The molecule has 27 heteroatoms. The van der Waals surface area contributed by atoms with Gasteiger partial charge in [-0.15, -0.1) is 0 Å². The van der Waals surface area contributed by atoms with Gasteiger partial charge in [-0.2, -0.15) is 0 Å². The smallest absolute Gasteiger partial charge is 0.326 e. The van der Waals surface area contributed by atoms with Gasteiger partial charge >= 0.3 is 5.97 Å². The highest BCUT2D eigenvalue weighted by atomic mass is 16.4. The number of aliphatic imine (C=N–C) groups is 1. The largest absolute Gasteiger partial charge is 0.480 e. The maximum atomic E-state index is 14.4. The summed E-state index contributed by atoms with van der Waals surface area (Å²) in [5.74, 6) is -7.30. The van der Waals surface area contributed by atoms with E-state index in [1.54, 1.807) is 13.8 Å². The zero-order valence-corrected chi connectivity index (χ0v) is 45.0. The lowest BCUT2D eigenvalue weighted by molar-refractivity contribution is -0.148. The van der Waals surface area contributed by atoms with Crippen LogP contribution in [-0.4, -0.2) is 185 Å². The molecule has 2 saturated heterocycles. The number of aliphatic hydroxyl groups is 1. The van der Waals surface area contributed by atoms with Crippen LogP contribution in [0.2, 0.25) is 0 Å². The molecule has 0 unspecified atom stereocenters. The number of nitrogens with one attached hydrogen (secondary N) is 6. The number of aliphatic carboxylic acids is 1. The SMILES string of the molecule is CC(C)[C@H](NC(=O)[C@H](CCCCN)NC(=O)[C@H](CCCN=C(N)N)NC(=O)[C@H](CCCCN)NC(=O)[C@H](CCCCN)NC(=O)[C@H](CCCCN)NC(=O)[C@@H]1CCCN1C(=O)[C@@H]1CCCN1C(=O)[C@@H](N)[C@@H](C)O)C(=O)O. The lowest BCUT2D eigenvalue weighted by Crippen LogP contribution is -2.60. The third kappa shape index (κ3) is 22.5. The molecule has 2 heterocycles. The van der Waals surface area contributed by atoms with Crippen molar-refractivity contribution in [3.8, 4) is 0 Å². The first-order valence-corrected chi connectivity index (χ1v) is 27.1. The van der Waals surface area contributed by atoms with Gasteiger partial charge < -0.3 is 92.0 Å². The van der Waals surface area contributed by atoms with E-state index in [1.807, 2.05) is 0 Å². The average molecular weight is 1080 g/mol. The van der Waals surface area contributed by atoms with Crippen LogP contribution in [0.4, 0.5) is 0 Å². The Balaban J connectivity index is 2.43. The second-order valence-electron chi connectivity index (χ2n) is 20.1. The Morgan fingerprint density at radius 3 is 1.28 bits per heavy atom. The summed E-state index contributed by atoms with van der Waals surface area (Å²) in [4.78, 5) is 131. The summed E-state index contributed by atoms with van der Waals surface area (Å²) in [6.45, 7) is 6.35. The highest BCUT2D eigenvalue weighted by Crippen LogP contribution is 2.26. The zero-order valence-electron chi connectivity index (χ0n) is 45.0. The Kier molecular flexibility index (Phi) is 31.1. The molecule has 434 valence electrons.